The summed E-state index contributed by atoms with van der Waals surface area (Å²) in [5, 5.41) is 4.10. The third kappa shape index (κ3) is 4.94. The van der Waals surface area contributed by atoms with Crippen LogP contribution in [-0.2, 0) is 13.2 Å². The van der Waals surface area contributed by atoms with Crippen LogP contribution in [0, 0.1) is 0 Å². The Labute approximate surface area is 189 Å². The van der Waals surface area contributed by atoms with Gasteiger partial charge in [0.05, 0.1) is 6.61 Å². The summed E-state index contributed by atoms with van der Waals surface area (Å²) in [6.45, 7) is 3.77. The van der Waals surface area contributed by atoms with Gasteiger partial charge in [-0.25, -0.2) is 0 Å². The second-order valence-corrected chi connectivity index (χ2v) is 7.95. The van der Waals surface area contributed by atoms with Gasteiger partial charge in [0.25, 0.3) is 0 Å². The molecule has 1 aliphatic rings. The minimum absolute atomic E-state index is 0.263. The van der Waals surface area contributed by atoms with Crippen molar-refractivity contribution in [1.82, 2.24) is 0 Å². The summed E-state index contributed by atoms with van der Waals surface area (Å²) in [4.78, 5) is 0. The number of fused-ring (bicyclic) bond motifs is 1. The van der Waals surface area contributed by atoms with Crippen molar-refractivity contribution < 1.29 is 18.9 Å². The fraction of sp³-hybridized carbons (Fsp3) is 0.217. The van der Waals surface area contributed by atoms with Crippen LogP contribution in [0.5, 0.6) is 23.0 Å². The number of nitrogens with one attached hydrogen (secondary N) is 1. The number of ether oxygens (including phenoxy) is 4. The van der Waals surface area contributed by atoms with Gasteiger partial charge in [-0.1, -0.05) is 39.7 Å². The molecule has 0 fully saturated rings. The fourth-order valence-corrected chi connectivity index (χ4v) is 3.76. The number of anilines is 1. The molecule has 3 aromatic carbocycles. The SMILES string of the molecule is CCOc1cc(CNc2ccc3c(c2)OCO3)c(Br)cc1OCc1cccc(Cl)c1. The Morgan fingerprint density at radius 3 is 2.67 bits per heavy atom. The predicted octanol–water partition coefficient (Wildman–Crippen LogP) is 6.42. The van der Waals surface area contributed by atoms with Crippen LogP contribution in [0.25, 0.3) is 0 Å². The molecule has 0 saturated carbocycles. The van der Waals surface area contributed by atoms with Crippen molar-refractivity contribution >= 4 is 33.2 Å². The molecular weight excluding hydrogens is 470 g/mol. The molecule has 0 aliphatic carbocycles. The standard InChI is InChI=1S/C23H21BrClNO4/c1-2-27-21-9-16(12-26-18-6-7-20-22(10-18)30-14-29-20)19(24)11-23(21)28-13-15-4-3-5-17(25)8-15/h3-11,26H,2,12-14H2,1H3. The van der Waals surface area contributed by atoms with Gasteiger partial charge in [0.2, 0.25) is 6.79 Å². The number of hydrogen-bond donors (Lipinski definition) is 1. The molecule has 156 valence electrons. The van der Waals surface area contributed by atoms with Gasteiger partial charge >= 0.3 is 0 Å². The van der Waals surface area contributed by atoms with Gasteiger partial charge in [0, 0.05) is 27.8 Å². The van der Waals surface area contributed by atoms with Gasteiger partial charge in [0.15, 0.2) is 23.0 Å². The van der Waals surface area contributed by atoms with Crippen LogP contribution in [0.1, 0.15) is 18.1 Å². The zero-order valence-electron chi connectivity index (χ0n) is 16.4. The summed E-state index contributed by atoms with van der Waals surface area (Å²) in [7, 11) is 0. The maximum absolute atomic E-state index is 6.06. The van der Waals surface area contributed by atoms with Gasteiger partial charge < -0.3 is 24.3 Å². The second kappa shape index (κ2) is 9.49. The zero-order chi connectivity index (χ0) is 20.9. The van der Waals surface area contributed by atoms with E-state index in [-0.39, 0.29) is 6.79 Å². The lowest BCUT2D eigenvalue weighted by Crippen LogP contribution is -2.04. The van der Waals surface area contributed by atoms with Crippen LogP contribution in [0.4, 0.5) is 5.69 Å². The first-order chi connectivity index (χ1) is 14.6. The quantitative estimate of drug-likeness (QED) is 0.395. The second-order valence-electron chi connectivity index (χ2n) is 6.66. The minimum atomic E-state index is 0.263. The van der Waals surface area contributed by atoms with Crippen molar-refractivity contribution in [3.8, 4) is 23.0 Å². The highest BCUT2D eigenvalue weighted by molar-refractivity contribution is 9.10. The lowest BCUT2D eigenvalue weighted by atomic mass is 10.2. The van der Waals surface area contributed by atoms with E-state index in [4.69, 9.17) is 30.5 Å². The molecule has 0 unspecified atom stereocenters. The number of halogens is 2. The van der Waals surface area contributed by atoms with Gasteiger partial charge in [-0.05, 0) is 54.4 Å². The summed E-state index contributed by atoms with van der Waals surface area (Å²) >= 11 is 9.71. The Morgan fingerprint density at radius 2 is 1.83 bits per heavy atom. The maximum Gasteiger partial charge on any atom is 0.231 e. The van der Waals surface area contributed by atoms with E-state index in [2.05, 4.69) is 21.2 Å². The minimum Gasteiger partial charge on any atom is -0.490 e. The molecule has 3 aromatic rings. The fourth-order valence-electron chi connectivity index (χ4n) is 3.09. The van der Waals surface area contributed by atoms with Crippen LogP contribution < -0.4 is 24.3 Å². The summed E-state index contributed by atoms with van der Waals surface area (Å²) in [6.07, 6.45) is 0. The summed E-state index contributed by atoms with van der Waals surface area (Å²) in [6, 6.07) is 17.3. The largest absolute Gasteiger partial charge is 0.490 e. The predicted molar refractivity (Wildman–Crippen MR) is 121 cm³/mol. The molecule has 7 heteroatoms. The highest BCUT2D eigenvalue weighted by atomic mass is 79.9. The Morgan fingerprint density at radius 1 is 1.00 bits per heavy atom. The third-order valence-electron chi connectivity index (χ3n) is 4.55. The molecule has 0 radical (unpaired) electrons. The summed E-state index contributed by atoms with van der Waals surface area (Å²) in [5.41, 5.74) is 2.99. The molecule has 1 N–H and O–H groups in total. The zero-order valence-corrected chi connectivity index (χ0v) is 18.8. The topological polar surface area (TPSA) is 49.0 Å². The normalized spacial score (nSPS) is 12.0. The smallest absolute Gasteiger partial charge is 0.231 e. The number of hydrogen-bond acceptors (Lipinski definition) is 5. The van der Waals surface area contributed by atoms with E-state index in [9.17, 15) is 0 Å². The average molecular weight is 491 g/mol. The molecular formula is C23H21BrClNO4. The van der Waals surface area contributed by atoms with Crippen LogP contribution in [-0.4, -0.2) is 13.4 Å². The Hall–Kier alpha value is -2.57. The molecule has 1 heterocycles. The lowest BCUT2D eigenvalue weighted by molar-refractivity contribution is 0.174. The van der Waals surface area contributed by atoms with Gasteiger partial charge in [-0.2, -0.15) is 0 Å². The van der Waals surface area contributed by atoms with Crippen LogP contribution in [0.2, 0.25) is 5.02 Å². The van der Waals surface area contributed by atoms with E-state index < -0.39 is 0 Å². The van der Waals surface area contributed by atoms with Gasteiger partial charge in [-0.15, -0.1) is 0 Å². The summed E-state index contributed by atoms with van der Waals surface area (Å²) < 4.78 is 23.6. The van der Waals surface area contributed by atoms with Crippen LogP contribution >= 0.6 is 27.5 Å². The Kier molecular flexibility index (Phi) is 6.55. The Balaban J connectivity index is 1.47. The highest BCUT2D eigenvalue weighted by Gasteiger charge is 2.14. The van der Waals surface area contributed by atoms with Crippen molar-refractivity contribution in [2.45, 2.75) is 20.1 Å². The molecule has 0 bridgehead atoms. The first-order valence-electron chi connectivity index (χ1n) is 9.58. The molecule has 0 spiro atoms. The molecule has 0 saturated heterocycles. The first kappa shape index (κ1) is 20.7. The summed E-state index contributed by atoms with van der Waals surface area (Å²) in [5.74, 6) is 2.89. The van der Waals surface area contributed by atoms with E-state index in [1.54, 1.807) is 0 Å². The van der Waals surface area contributed by atoms with E-state index in [1.165, 1.54) is 0 Å². The average Bonchev–Trinajstić information content (AvgIpc) is 3.21. The molecule has 1 aliphatic heterocycles. The Bertz CT molecular complexity index is 1040. The van der Waals surface area contributed by atoms with Crippen molar-refractivity contribution in [2.75, 3.05) is 18.7 Å². The van der Waals surface area contributed by atoms with E-state index in [0.29, 0.717) is 36.3 Å². The lowest BCUT2D eigenvalue weighted by Gasteiger charge is -2.16. The molecule has 0 aromatic heterocycles. The first-order valence-corrected chi connectivity index (χ1v) is 10.8. The number of rotatable bonds is 8. The molecule has 5 nitrogen and oxygen atoms in total. The third-order valence-corrected chi connectivity index (χ3v) is 5.52. The van der Waals surface area contributed by atoms with E-state index in [1.807, 2.05) is 61.5 Å². The van der Waals surface area contributed by atoms with E-state index >= 15 is 0 Å². The molecule has 0 atom stereocenters. The van der Waals surface area contributed by atoms with Crippen molar-refractivity contribution in [3.05, 3.63) is 75.2 Å². The van der Waals surface area contributed by atoms with Crippen molar-refractivity contribution in [3.63, 3.8) is 0 Å². The highest BCUT2D eigenvalue weighted by Crippen LogP contribution is 2.36. The monoisotopic (exact) mass is 489 g/mol. The maximum atomic E-state index is 6.06. The van der Waals surface area contributed by atoms with Crippen molar-refractivity contribution in [2.24, 2.45) is 0 Å². The van der Waals surface area contributed by atoms with Crippen molar-refractivity contribution in [1.29, 1.82) is 0 Å². The van der Waals surface area contributed by atoms with Crippen LogP contribution in [0.3, 0.4) is 0 Å². The van der Waals surface area contributed by atoms with E-state index in [0.717, 1.165) is 32.8 Å². The molecule has 4 rings (SSSR count). The van der Waals surface area contributed by atoms with Crippen LogP contribution in [0.15, 0.2) is 59.1 Å². The van der Waals surface area contributed by atoms with Gasteiger partial charge in [0.1, 0.15) is 6.61 Å². The number of benzene rings is 3. The molecule has 0 amide bonds. The van der Waals surface area contributed by atoms with Gasteiger partial charge in [-0.3, -0.25) is 0 Å². The molecule has 30 heavy (non-hydrogen) atoms.